The lowest BCUT2D eigenvalue weighted by Crippen LogP contribution is -2.12. The van der Waals surface area contributed by atoms with Gasteiger partial charge in [-0.1, -0.05) is 108 Å². The highest BCUT2D eigenvalue weighted by Gasteiger charge is 2.24. The molecule has 0 aliphatic rings. The van der Waals surface area contributed by atoms with Crippen molar-refractivity contribution < 1.29 is 9.59 Å². The number of hydrogen-bond donors (Lipinski definition) is 0. The maximum absolute atomic E-state index is 13.7. The van der Waals surface area contributed by atoms with Gasteiger partial charge in [0.1, 0.15) is 0 Å². The number of aromatic nitrogens is 1. The fraction of sp³-hybridized carbons (Fsp3) is 0. The van der Waals surface area contributed by atoms with Crippen LogP contribution in [-0.2, 0) is 0 Å². The van der Waals surface area contributed by atoms with Crippen LogP contribution < -0.4 is 0 Å². The van der Waals surface area contributed by atoms with Crippen LogP contribution in [0.5, 0.6) is 0 Å². The number of pyridine rings is 1. The van der Waals surface area contributed by atoms with Gasteiger partial charge in [0.15, 0.2) is 11.6 Å². The van der Waals surface area contributed by atoms with Crippen LogP contribution in [0.4, 0.5) is 0 Å². The van der Waals surface area contributed by atoms with E-state index >= 15 is 0 Å². The van der Waals surface area contributed by atoms with E-state index in [0.717, 1.165) is 0 Å². The monoisotopic (exact) mass is 507 g/mol. The molecule has 36 heavy (non-hydrogen) atoms. The fourth-order valence-corrected chi connectivity index (χ4v) is 4.26. The number of ketones is 2. The lowest BCUT2D eigenvalue weighted by molar-refractivity contribution is 0.103. The highest BCUT2D eigenvalue weighted by atomic mass is 35.5. The molecule has 5 rings (SSSR count). The van der Waals surface area contributed by atoms with Crippen molar-refractivity contribution in [1.82, 2.24) is 4.98 Å². The molecule has 0 amide bonds. The zero-order chi connectivity index (χ0) is 25.1. The first-order valence-corrected chi connectivity index (χ1v) is 12.0. The molecule has 0 unspecified atom stereocenters. The summed E-state index contributed by atoms with van der Waals surface area (Å²) in [6.45, 7) is 0. The van der Waals surface area contributed by atoms with Gasteiger partial charge in [-0.3, -0.25) is 9.59 Å². The van der Waals surface area contributed by atoms with Crippen LogP contribution >= 0.6 is 23.2 Å². The Morgan fingerprint density at radius 1 is 0.500 bits per heavy atom. The highest BCUT2D eigenvalue weighted by molar-refractivity contribution is 6.31. The third-order valence-corrected chi connectivity index (χ3v) is 6.32. The predicted octanol–water partition coefficient (Wildman–Crippen LogP) is 8.18. The average Bonchev–Trinajstić information content (AvgIpc) is 2.93. The van der Waals surface area contributed by atoms with Crippen molar-refractivity contribution in [2.45, 2.75) is 0 Å². The van der Waals surface area contributed by atoms with Gasteiger partial charge in [0.25, 0.3) is 0 Å². The molecule has 1 aromatic heterocycles. The largest absolute Gasteiger partial charge is 0.289 e. The van der Waals surface area contributed by atoms with Gasteiger partial charge in [-0.05, 0) is 30.3 Å². The van der Waals surface area contributed by atoms with Gasteiger partial charge in [0.2, 0.25) is 0 Å². The molecule has 0 spiro atoms. The summed E-state index contributed by atoms with van der Waals surface area (Å²) in [6.07, 6.45) is 0. The first-order valence-electron chi connectivity index (χ1n) is 11.3. The number of nitrogens with zero attached hydrogens (tertiary/aromatic N) is 1. The van der Waals surface area contributed by atoms with Crippen LogP contribution in [0.25, 0.3) is 22.5 Å². The van der Waals surface area contributed by atoms with E-state index in [2.05, 4.69) is 0 Å². The van der Waals surface area contributed by atoms with E-state index in [0.29, 0.717) is 54.8 Å². The van der Waals surface area contributed by atoms with Gasteiger partial charge in [0, 0.05) is 43.4 Å². The van der Waals surface area contributed by atoms with Crippen LogP contribution in [0.1, 0.15) is 31.8 Å². The Balaban J connectivity index is 1.80. The number of halogens is 2. The lowest BCUT2D eigenvalue weighted by atomic mass is 9.91. The standard InChI is InChI=1S/C31H19Cl2NO2/c32-24-15-11-20(12-16-24)28-26(30(35)22-7-3-1-4-8-22)19-27(31(36)23-9-5-2-6-10-23)29(34-28)21-13-17-25(33)18-14-21/h1-19H. The molecule has 0 atom stereocenters. The summed E-state index contributed by atoms with van der Waals surface area (Å²) >= 11 is 12.3. The first kappa shape index (κ1) is 23.7. The maximum atomic E-state index is 13.7. The Bertz CT molecular complexity index is 1430. The number of carbonyl (C=O) groups excluding carboxylic acids is 2. The Labute approximate surface area is 219 Å². The van der Waals surface area contributed by atoms with E-state index in [-0.39, 0.29) is 11.6 Å². The maximum Gasteiger partial charge on any atom is 0.195 e. The minimum absolute atomic E-state index is 0.224. The Hall–Kier alpha value is -4.05. The zero-order valence-electron chi connectivity index (χ0n) is 19.0. The first-order chi connectivity index (χ1) is 17.5. The van der Waals surface area contributed by atoms with E-state index in [9.17, 15) is 9.59 Å². The molecule has 0 radical (unpaired) electrons. The predicted molar refractivity (Wildman–Crippen MR) is 145 cm³/mol. The Morgan fingerprint density at radius 3 is 1.22 bits per heavy atom. The van der Waals surface area contributed by atoms with Crippen molar-refractivity contribution in [1.29, 1.82) is 0 Å². The van der Waals surface area contributed by atoms with Gasteiger partial charge in [-0.15, -0.1) is 0 Å². The van der Waals surface area contributed by atoms with E-state index in [1.165, 1.54) is 0 Å². The molecule has 5 heteroatoms. The fourth-order valence-electron chi connectivity index (χ4n) is 4.01. The second-order valence-electron chi connectivity index (χ2n) is 8.18. The molecule has 3 nitrogen and oxygen atoms in total. The summed E-state index contributed by atoms with van der Waals surface area (Å²) in [5.41, 5.74) is 4.05. The normalized spacial score (nSPS) is 10.7. The number of benzene rings is 4. The van der Waals surface area contributed by atoms with Crippen molar-refractivity contribution in [3.8, 4) is 22.5 Å². The molecule has 0 aliphatic heterocycles. The molecule has 174 valence electrons. The van der Waals surface area contributed by atoms with Crippen molar-refractivity contribution in [2.24, 2.45) is 0 Å². The summed E-state index contributed by atoms with van der Waals surface area (Å²) in [5.74, 6) is -0.448. The number of hydrogen-bond acceptors (Lipinski definition) is 3. The van der Waals surface area contributed by atoms with Crippen molar-refractivity contribution in [3.05, 3.63) is 148 Å². The van der Waals surface area contributed by atoms with E-state index in [1.54, 1.807) is 78.9 Å². The second-order valence-corrected chi connectivity index (χ2v) is 9.06. The minimum Gasteiger partial charge on any atom is -0.289 e. The third kappa shape index (κ3) is 4.85. The highest BCUT2D eigenvalue weighted by Crippen LogP contribution is 2.33. The Kier molecular flexibility index (Phi) is 6.77. The second kappa shape index (κ2) is 10.3. The van der Waals surface area contributed by atoms with Gasteiger partial charge in [-0.2, -0.15) is 0 Å². The van der Waals surface area contributed by atoms with Gasteiger partial charge < -0.3 is 0 Å². The van der Waals surface area contributed by atoms with Crippen molar-refractivity contribution in [2.75, 3.05) is 0 Å². The molecule has 0 bridgehead atoms. The smallest absolute Gasteiger partial charge is 0.195 e. The summed E-state index contributed by atoms with van der Waals surface area (Å²) in [6, 6.07) is 33.8. The summed E-state index contributed by atoms with van der Waals surface area (Å²) in [5, 5.41) is 1.15. The van der Waals surface area contributed by atoms with Crippen LogP contribution in [0.3, 0.4) is 0 Å². The quantitative estimate of drug-likeness (QED) is 0.217. The topological polar surface area (TPSA) is 47.0 Å². The summed E-state index contributed by atoms with van der Waals surface area (Å²) in [4.78, 5) is 32.4. The zero-order valence-corrected chi connectivity index (χ0v) is 20.5. The third-order valence-electron chi connectivity index (χ3n) is 5.82. The van der Waals surface area contributed by atoms with Gasteiger partial charge >= 0.3 is 0 Å². The molecular weight excluding hydrogens is 489 g/mol. The van der Waals surface area contributed by atoms with Crippen molar-refractivity contribution in [3.63, 3.8) is 0 Å². The van der Waals surface area contributed by atoms with Gasteiger partial charge in [-0.25, -0.2) is 4.98 Å². The number of rotatable bonds is 6. The average molecular weight is 508 g/mol. The van der Waals surface area contributed by atoms with E-state index < -0.39 is 0 Å². The van der Waals surface area contributed by atoms with Crippen LogP contribution in [0.15, 0.2) is 115 Å². The summed E-state index contributed by atoms with van der Waals surface area (Å²) in [7, 11) is 0. The van der Waals surface area contributed by atoms with Crippen molar-refractivity contribution >= 4 is 34.8 Å². The molecule has 0 fully saturated rings. The SMILES string of the molecule is O=C(c1ccccc1)c1cc(C(=O)c2ccccc2)c(-c2ccc(Cl)cc2)nc1-c1ccc(Cl)cc1. The molecule has 0 saturated carbocycles. The van der Waals surface area contributed by atoms with Crippen LogP contribution in [0.2, 0.25) is 10.0 Å². The van der Waals surface area contributed by atoms with Gasteiger partial charge in [0.05, 0.1) is 11.4 Å². The van der Waals surface area contributed by atoms with Crippen LogP contribution in [0, 0.1) is 0 Å². The molecule has 0 saturated heterocycles. The van der Waals surface area contributed by atoms with Crippen LogP contribution in [-0.4, -0.2) is 16.6 Å². The summed E-state index contributed by atoms with van der Waals surface area (Å²) < 4.78 is 0. The van der Waals surface area contributed by atoms with E-state index in [1.807, 2.05) is 36.4 Å². The number of carbonyl (C=O) groups is 2. The molecule has 5 aromatic rings. The molecular formula is C31H19Cl2NO2. The lowest BCUT2D eigenvalue weighted by Gasteiger charge is -2.16. The molecule has 0 N–H and O–H groups in total. The molecule has 0 aliphatic carbocycles. The minimum atomic E-state index is -0.224. The molecule has 1 heterocycles. The van der Waals surface area contributed by atoms with E-state index in [4.69, 9.17) is 28.2 Å². The molecule has 4 aromatic carbocycles. The Morgan fingerprint density at radius 2 is 0.861 bits per heavy atom.